The second kappa shape index (κ2) is 18.8. The minimum atomic E-state index is -2.73. The van der Waals surface area contributed by atoms with Gasteiger partial charge in [-0.15, -0.1) is 0 Å². The van der Waals surface area contributed by atoms with Gasteiger partial charge in [0, 0.05) is 5.92 Å². The molecule has 0 aliphatic heterocycles. The van der Waals surface area contributed by atoms with Crippen molar-refractivity contribution in [3.8, 4) is 0 Å². The first-order valence-electron chi connectivity index (χ1n) is 26.2. The van der Waals surface area contributed by atoms with E-state index in [1.54, 1.807) is 0 Å². The molecule has 0 heterocycles. The molecule has 0 bridgehead atoms. The van der Waals surface area contributed by atoms with Gasteiger partial charge in [0.15, 0.2) is 0 Å². The highest BCUT2D eigenvalue weighted by molar-refractivity contribution is 7.39. The molecule has 4 aromatic rings. The van der Waals surface area contributed by atoms with Crippen molar-refractivity contribution in [2.45, 2.75) is 236 Å². The molecule has 0 saturated heterocycles. The van der Waals surface area contributed by atoms with E-state index in [1.807, 2.05) is 0 Å². The zero-order valence-corrected chi connectivity index (χ0v) is 47.6. The maximum Gasteiger partial charge on any atom is 0.327 e. The smallest absolute Gasteiger partial charge is 0.327 e. The summed E-state index contributed by atoms with van der Waals surface area (Å²) < 4.78 is 7.12. The number of rotatable bonds is 16. The molecule has 368 valence electrons. The summed E-state index contributed by atoms with van der Waals surface area (Å²) in [6.45, 7) is 57.2. The van der Waals surface area contributed by atoms with Crippen molar-refractivity contribution in [1.29, 1.82) is 0 Å². The van der Waals surface area contributed by atoms with Crippen LogP contribution in [0, 0.1) is 35.5 Å². The van der Waals surface area contributed by atoms with Gasteiger partial charge in [-0.25, -0.2) is 0 Å². The first-order valence-corrected chi connectivity index (χ1v) is 27.3. The molecule has 0 aromatic heterocycles. The molecule has 1 saturated carbocycles. The van der Waals surface area contributed by atoms with Crippen LogP contribution in [0.5, 0.6) is 0 Å². The summed E-state index contributed by atoms with van der Waals surface area (Å²) in [5, 5.41) is 5.14. The van der Waals surface area contributed by atoms with Gasteiger partial charge < -0.3 is 14.3 Å². The summed E-state index contributed by atoms with van der Waals surface area (Å²) in [5.74, 6) is 2.24. The molecule has 2 unspecified atom stereocenters. The Balaban J connectivity index is 2.08. The molecule has 4 heteroatoms. The van der Waals surface area contributed by atoms with E-state index < -0.39 is 14.2 Å². The summed E-state index contributed by atoms with van der Waals surface area (Å²) >= 11 is 0. The molecule has 0 amide bonds. The quantitative estimate of drug-likeness (QED) is 0.110. The molecule has 0 radical (unpaired) electrons. The number of hydrogen-bond acceptors (Lipinski definition) is 3. The van der Waals surface area contributed by atoms with Gasteiger partial charge in [0.2, 0.25) is 0 Å². The Morgan fingerprint density at radius 3 is 1.21 bits per heavy atom. The number of hydrogen-bond donors (Lipinski definition) is 2. The largest absolute Gasteiger partial charge is 0.328 e. The van der Waals surface area contributed by atoms with Crippen molar-refractivity contribution in [3.63, 3.8) is 0 Å². The summed E-state index contributed by atoms with van der Waals surface area (Å²) in [5.41, 5.74) is 8.85. The van der Waals surface area contributed by atoms with Crippen LogP contribution in [-0.4, -0.2) is 9.79 Å². The molecule has 1 aliphatic rings. The average Bonchev–Trinajstić information content (AvgIpc) is 3.21. The van der Waals surface area contributed by atoms with E-state index in [1.165, 1.54) is 60.5 Å². The predicted molar refractivity (Wildman–Crippen MR) is 290 cm³/mol. The molecule has 1 fully saturated rings. The summed E-state index contributed by atoms with van der Waals surface area (Å²) in [4.78, 5) is 23.0. The van der Waals surface area contributed by atoms with E-state index in [9.17, 15) is 9.79 Å². The van der Waals surface area contributed by atoms with Gasteiger partial charge in [-0.05, 0) is 153 Å². The molecule has 5 rings (SSSR count). The lowest BCUT2D eigenvalue weighted by molar-refractivity contribution is -0.00832. The van der Waals surface area contributed by atoms with E-state index in [0.717, 1.165) is 24.8 Å². The Morgan fingerprint density at radius 1 is 0.455 bits per heavy atom. The third kappa shape index (κ3) is 9.50. The Labute approximate surface area is 407 Å². The highest BCUT2D eigenvalue weighted by Crippen LogP contribution is 2.60. The van der Waals surface area contributed by atoms with Gasteiger partial charge in [-0.3, -0.25) is 0 Å². The Bertz CT molecular complexity index is 2360. The first kappa shape index (κ1) is 54.6. The van der Waals surface area contributed by atoms with Crippen LogP contribution in [0.3, 0.4) is 0 Å². The lowest BCUT2D eigenvalue weighted by Gasteiger charge is -2.49. The van der Waals surface area contributed by atoms with E-state index in [2.05, 4.69) is 215 Å². The zero-order valence-electron chi connectivity index (χ0n) is 46.7. The van der Waals surface area contributed by atoms with Crippen molar-refractivity contribution < 1.29 is 14.3 Å². The average molecular weight is 921 g/mol. The normalized spacial score (nSPS) is 18.8. The van der Waals surface area contributed by atoms with Gasteiger partial charge >= 0.3 is 8.60 Å². The van der Waals surface area contributed by atoms with Crippen LogP contribution >= 0.6 is 8.60 Å². The summed E-state index contributed by atoms with van der Waals surface area (Å²) in [6.07, 6.45) is 3.59. The molecule has 2 atom stereocenters. The highest BCUT2D eigenvalue weighted by atomic mass is 31.2. The van der Waals surface area contributed by atoms with Crippen molar-refractivity contribution in [2.24, 2.45) is 35.5 Å². The van der Waals surface area contributed by atoms with Crippen LogP contribution in [0.15, 0.2) is 48.5 Å². The topological polar surface area (TPSA) is 49.7 Å². The molecular weight excluding hydrogens is 824 g/mol. The van der Waals surface area contributed by atoms with Crippen molar-refractivity contribution in [3.05, 3.63) is 93.0 Å². The SMILES string of the molecule is CC(C)C(C)(C)c1cc(C(C)(C)C(C)C)c2cc(C3CCCCC3(OP(O)O)c3cc4c(C(C)(C)C(C)C)cc(C(C)(C)C(C)C)cc4cc3C(C)(C)C(C)C)c(C(C)(C)C(C)C)cc2c1. The van der Waals surface area contributed by atoms with Gasteiger partial charge in [-0.2, -0.15) is 0 Å². The molecule has 1 aliphatic carbocycles. The first-order chi connectivity index (χ1) is 30.0. The van der Waals surface area contributed by atoms with Crippen LogP contribution in [0.4, 0.5) is 0 Å². The molecule has 2 N–H and O–H groups in total. The van der Waals surface area contributed by atoms with E-state index in [0.29, 0.717) is 41.9 Å². The van der Waals surface area contributed by atoms with Crippen LogP contribution in [0.25, 0.3) is 21.5 Å². The fraction of sp³-hybridized carbons (Fsp3) is 0.677. The molecule has 66 heavy (non-hydrogen) atoms. The Hall–Kier alpha value is -2.29. The standard InChI is InChI=1S/C62H97O3P/c1-37(2)56(13,14)45-29-43-31-51(58(17,18)39(5)6)49(35-47(43)52(33-45)59(19,20)40(7)8)50-27-25-26-28-62(50,65-66(63)64)55-36-48-44(32-54(55)61(23,24)42(11)12)30-46(57(15,16)38(3)4)34-53(48)60(21,22)41(9)10/h29-42,50,63-64H,25-28H2,1-24H3. The number of fused-ring (bicyclic) bond motifs is 2. The number of benzene rings is 4. The predicted octanol–water partition coefficient (Wildman–Crippen LogP) is 18.4. The lowest BCUT2D eigenvalue weighted by atomic mass is 9.60. The Morgan fingerprint density at radius 2 is 0.818 bits per heavy atom. The van der Waals surface area contributed by atoms with E-state index in [4.69, 9.17) is 4.52 Å². The van der Waals surface area contributed by atoms with Gasteiger partial charge in [0.05, 0.1) is 0 Å². The lowest BCUT2D eigenvalue weighted by Crippen LogP contribution is -2.42. The fourth-order valence-corrected chi connectivity index (χ4v) is 11.1. The van der Waals surface area contributed by atoms with Crippen LogP contribution < -0.4 is 0 Å². The van der Waals surface area contributed by atoms with Gasteiger partial charge in [0.1, 0.15) is 5.60 Å². The summed E-state index contributed by atoms with van der Waals surface area (Å²) in [6, 6.07) is 20.2. The van der Waals surface area contributed by atoms with Crippen molar-refractivity contribution in [2.75, 3.05) is 0 Å². The molecule has 4 aromatic carbocycles. The van der Waals surface area contributed by atoms with Crippen LogP contribution in [0.1, 0.15) is 242 Å². The van der Waals surface area contributed by atoms with Gasteiger partial charge in [0.25, 0.3) is 0 Å². The van der Waals surface area contributed by atoms with Crippen molar-refractivity contribution in [1.82, 2.24) is 0 Å². The fourth-order valence-electron chi connectivity index (χ4n) is 10.5. The van der Waals surface area contributed by atoms with Crippen molar-refractivity contribution >= 4 is 30.1 Å². The van der Waals surface area contributed by atoms with Crippen LogP contribution in [-0.2, 0) is 42.6 Å². The second-order valence-corrected chi connectivity index (χ2v) is 27.3. The minimum absolute atomic E-state index is 0.0157. The molecule has 0 spiro atoms. The third-order valence-electron chi connectivity index (χ3n) is 20.1. The third-order valence-corrected chi connectivity index (χ3v) is 20.6. The zero-order chi connectivity index (χ0) is 50.2. The van der Waals surface area contributed by atoms with Crippen LogP contribution in [0.2, 0.25) is 0 Å². The minimum Gasteiger partial charge on any atom is -0.328 e. The van der Waals surface area contributed by atoms with Gasteiger partial charge in [-0.1, -0.05) is 221 Å². The molecular formula is C62H97O3P. The second-order valence-electron chi connectivity index (χ2n) is 26.6. The maximum atomic E-state index is 11.5. The Kier molecular flexibility index (Phi) is 15.6. The maximum absolute atomic E-state index is 11.5. The summed E-state index contributed by atoms with van der Waals surface area (Å²) in [7, 11) is -2.73. The highest BCUT2D eigenvalue weighted by Gasteiger charge is 2.51. The monoisotopic (exact) mass is 921 g/mol. The van der Waals surface area contributed by atoms with E-state index >= 15 is 0 Å². The molecule has 3 nitrogen and oxygen atoms in total. The van der Waals surface area contributed by atoms with E-state index in [-0.39, 0.29) is 38.4 Å².